The molecular formula is C53H86O22. The Balaban J connectivity index is 0.880. The number of fused-ring (bicyclic) bond motifs is 6. The van der Waals surface area contributed by atoms with Gasteiger partial charge in [-0.25, -0.2) is 0 Å². The Morgan fingerprint density at radius 3 is 1.76 bits per heavy atom. The van der Waals surface area contributed by atoms with Crippen LogP contribution in [-0.2, 0) is 42.7 Å². The van der Waals surface area contributed by atoms with E-state index in [0.29, 0.717) is 31.6 Å². The van der Waals surface area contributed by atoms with Crippen LogP contribution >= 0.6 is 0 Å². The first-order chi connectivity index (χ1) is 35.1. The molecule has 0 aromatic carbocycles. The van der Waals surface area contributed by atoms with E-state index < -0.39 is 159 Å². The van der Waals surface area contributed by atoms with Crippen molar-refractivity contribution in [1.82, 2.24) is 0 Å². The SMILES string of the molecule is C[C@H]1O[C@@H](O[C@H]2CC[C@]3(C)[C@H]4CCC5=C(CC[C@@]6(C(=O)O[C@@H]7O[C@H](CO[C@@H]8O[C@H](CO)[C@@H](O)[C@H](O)[C@H]8O)[C@@H](O)[C@H](O)[C@H]7O)CCC(C)(C)C[C@H]56)[C@]4(C)CC[C@H]3C2(C)C)[C@H](O)[C@@H](O)[C@@H]1O[C@@H]1O[C@H](CO)[C@@H](O)[C@H](O)[C@H]1O. The summed E-state index contributed by atoms with van der Waals surface area (Å²) in [6.45, 7) is 13.4. The van der Waals surface area contributed by atoms with Crippen LogP contribution in [-0.4, -0.2) is 221 Å². The molecule has 13 N–H and O–H groups in total. The van der Waals surface area contributed by atoms with Gasteiger partial charge in [0.25, 0.3) is 0 Å². The van der Waals surface area contributed by atoms with Gasteiger partial charge < -0.3 is 104 Å². The van der Waals surface area contributed by atoms with Crippen molar-refractivity contribution in [3.8, 4) is 0 Å². The molecule has 9 rings (SSSR count). The van der Waals surface area contributed by atoms with Crippen LogP contribution in [0.3, 0.4) is 0 Å². The van der Waals surface area contributed by atoms with Crippen molar-refractivity contribution < 1.29 is 109 Å². The summed E-state index contributed by atoms with van der Waals surface area (Å²) in [5, 5.41) is 137. The van der Waals surface area contributed by atoms with Gasteiger partial charge in [0.2, 0.25) is 6.29 Å². The van der Waals surface area contributed by atoms with Crippen molar-refractivity contribution >= 4 is 5.97 Å². The second-order valence-corrected chi connectivity index (χ2v) is 25.6. The highest BCUT2D eigenvalue weighted by Gasteiger charge is 2.66. The van der Waals surface area contributed by atoms with Gasteiger partial charge in [-0.05, 0) is 117 Å². The standard InChI is InChI=1S/C53H86O22/c1-22-43(74-46-40(64)36(60)33(57)27(20-55)71-46)38(62)42(66)45(69-22)73-31-12-14-52(7)29(50(31,4)5)11-13-51(6)24-10-15-53(17-16-49(2,3)18-25(53)23(24)8-9-30(51)52)48(67)75-47-41(65)37(61)34(58)28(72-47)21-68-44-39(63)35(59)32(56)26(19-54)70-44/h22,25-47,54-66H,8-21H2,1-7H3/t22-,25-,26-,27-,28-,29+,30+,31+,32-,33-,34-,35+,36+,37+,38-,39-,40-,41-,42-,43-,44-,45+,46+,47+,51+,52+,53-/m1/s1. The monoisotopic (exact) mass is 1070 g/mol. The zero-order chi connectivity index (χ0) is 54.6. The van der Waals surface area contributed by atoms with E-state index in [-0.39, 0.29) is 34.2 Å². The number of ether oxygens (including phenoxy) is 8. The van der Waals surface area contributed by atoms with E-state index in [1.54, 1.807) is 6.92 Å². The molecule has 22 heteroatoms. The summed E-state index contributed by atoms with van der Waals surface area (Å²) in [5.41, 5.74) is 0.994. The van der Waals surface area contributed by atoms with Crippen molar-refractivity contribution in [3.63, 3.8) is 0 Å². The largest absolute Gasteiger partial charge is 0.432 e. The summed E-state index contributed by atoms with van der Waals surface area (Å²) < 4.78 is 47.4. The van der Waals surface area contributed by atoms with Crippen LogP contribution in [0.4, 0.5) is 0 Å². The third-order valence-electron chi connectivity index (χ3n) is 20.5. The highest BCUT2D eigenvalue weighted by atomic mass is 16.8. The van der Waals surface area contributed by atoms with E-state index in [0.717, 1.165) is 44.9 Å². The molecule has 0 amide bonds. The lowest BCUT2D eigenvalue weighted by Gasteiger charge is -2.67. The second-order valence-electron chi connectivity index (χ2n) is 25.6. The fourth-order valence-electron chi connectivity index (χ4n) is 16.0. The molecule has 430 valence electrons. The third kappa shape index (κ3) is 9.90. The maximum Gasteiger partial charge on any atom is 0.315 e. The number of allylic oxidation sites excluding steroid dienone is 2. The fourth-order valence-corrected chi connectivity index (χ4v) is 16.0. The Morgan fingerprint density at radius 2 is 1.12 bits per heavy atom. The molecule has 4 aliphatic heterocycles. The van der Waals surface area contributed by atoms with Crippen molar-refractivity contribution in [3.05, 3.63) is 11.1 Å². The molecular weight excluding hydrogens is 989 g/mol. The minimum Gasteiger partial charge on any atom is -0.432 e. The molecule has 4 saturated heterocycles. The first-order valence-corrected chi connectivity index (χ1v) is 27.3. The molecule has 22 nitrogen and oxygen atoms in total. The number of hydrogen-bond acceptors (Lipinski definition) is 22. The van der Waals surface area contributed by atoms with Gasteiger partial charge in [-0.2, -0.15) is 0 Å². The van der Waals surface area contributed by atoms with Gasteiger partial charge in [-0.15, -0.1) is 0 Å². The normalized spacial score (nSPS) is 52.7. The van der Waals surface area contributed by atoms with Gasteiger partial charge in [-0.1, -0.05) is 52.7 Å². The molecule has 7 fully saturated rings. The Labute approximate surface area is 437 Å². The van der Waals surface area contributed by atoms with E-state index in [1.807, 2.05) is 0 Å². The van der Waals surface area contributed by atoms with Crippen molar-refractivity contribution in [2.24, 2.45) is 44.8 Å². The molecule has 3 saturated carbocycles. The van der Waals surface area contributed by atoms with E-state index in [1.165, 1.54) is 11.1 Å². The lowest BCUT2D eigenvalue weighted by molar-refractivity contribution is -0.364. The summed E-state index contributed by atoms with van der Waals surface area (Å²) in [6.07, 6.45) is -22.6. The van der Waals surface area contributed by atoms with Crippen molar-refractivity contribution in [2.45, 2.75) is 248 Å². The molecule has 75 heavy (non-hydrogen) atoms. The van der Waals surface area contributed by atoms with Crippen LogP contribution in [0.1, 0.15) is 119 Å². The maximum atomic E-state index is 15.0. The van der Waals surface area contributed by atoms with Gasteiger partial charge in [0.05, 0.1) is 37.4 Å². The first-order valence-electron chi connectivity index (χ1n) is 27.3. The Kier molecular flexibility index (Phi) is 16.6. The number of aliphatic hydroxyl groups is 13. The van der Waals surface area contributed by atoms with Crippen LogP contribution in [0.25, 0.3) is 0 Å². The van der Waals surface area contributed by atoms with Crippen LogP contribution in [0.2, 0.25) is 0 Å². The highest BCUT2D eigenvalue weighted by Crippen LogP contribution is 2.72. The molecule has 0 bridgehead atoms. The first kappa shape index (κ1) is 58.1. The summed E-state index contributed by atoms with van der Waals surface area (Å²) in [7, 11) is 0. The molecule has 9 aliphatic rings. The second kappa shape index (κ2) is 21.4. The average molecular weight is 1080 g/mol. The lowest BCUT2D eigenvalue weighted by atomic mass is 9.38. The fraction of sp³-hybridized carbons (Fsp3) is 0.943. The molecule has 0 aromatic heterocycles. The van der Waals surface area contributed by atoms with Gasteiger partial charge in [0, 0.05) is 0 Å². The summed E-state index contributed by atoms with van der Waals surface area (Å²) in [5.74, 6) is -0.199. The number of hydrogen-bond donors (Lipinski definition) is 13. The highest BCUT2D eigenvalue weighted by molar-refractivity contribution is 5.79. The predicted octanol–water partition coefficient (Wildman–Crippen LogP) is -1.25. The Morgan fingerprint density at radius 1 is 0.560 bits per heavy atom. The number of rotatable bonds is 11. The van der Waals surface area contributed by atoms with Crippen LogP contribution < -0.4 is 0 Å². The molecule has 5 aliphatic carbocycles. The van der Waals surface area contributed by atoms with E-state index in [2.05, 4.69) is 41.5 Å². The zero-order valence-electron chi connectivity index (χ0n) is 44.2. The van der Waals surface area contributed by atoms with Crippen LogP contribution in [0.15, 0.2) is 11.1 Å². The van der Waals surface area contributed by atoms with Crippen LogP contribution in [0, 0.1) is 44.8 Å². The topological polar surface area (TPSA) is 354 Å². The quantitative estimate of drug-likeness (QED) is 0.0653. The predicted molar refractivity (Wildman–Crippen MR) is 257 cm³/mol. The third-order valence-corrected chi connectivity index (χ3v) is 20.5. The van der Waals surface area contributed by atoms with Gasteiger partial charge in [0.15, 0.2) is 18.9 Å². The molecule has 0 aromatic rings. The molecule has 0 radical (unpaired) electrons. The molecule has 0 spiro atoms. The average Bonchev–Trinajstić information content (AvgIpc) is 3.41. The molecule has 4 heterocycles. The Hall–Kier alpha value is -1.59. The van der Waals surface area contributed by atoms with Crippen molar-refractivity contribution in [1.29, 1.82) is 0 Å². The lowest BCUT2D eigenvalue weighted by Crippen LogP contribution is -2.65. The van der Waals surface area contributed by atoms with Crippen molar-refractivity contribution in [2.75, 3.05) is 19.8 Å². The number of carbonyl (C=O) groups excluding carboxylic acids is 1. The summed E-state index contributed by atoms with van der Waals surface area (Å²) in [6, 6.07) is 0. The minimum atomic E-state index is -1.81. The smallest absolute Gasteiger partial charge is 0.315 e. The van der Waals surface area contributed by atoms with Gasteiger partial charge in [-0.3, -0.25) is 4.79 Å². The summed E-state index contributed by atoms with van der Waals surface area (Å²) in [4.78, 5) is 15.0. The number of carbonyl (C=O) groups is 1. The van der Waals surface area contributed by atoms with Gasteiger partial charge in [0.1, 0.15) is 91.6 Å². The van der Waals surface area contributed by atoms with Gasteiger partial charge >= 0.3 is 5.97 Å². The van der Waals surface area contributed by atoms with E-state index in [9.17, 15) is 71.2 Å². The number of aliphatic hydroxyl groups excluding tert-OH is 13. The van der Waals surface area contributed by atoms with E-state index >= 15 is 0 Å². The summed E-state index contributed by atoms with van der Waals surface area (Å²) >= 11 is 0. The molecule has 0 unspecified atom stereocenters. The molecule has 27 atom stereocenters. The van der Waals surface area contributed by atoms with E-state index in [4.69, 9.17) is 37.9 Å². The van der Waals surface area contributed by atoms with Crippen LogP contribution in [0.5, 0.6) is 0 Å². The minimum absolute atomic E-state index is 0.0939. The number of esters is 1. The Bertz CT molecular complexity index is 2050. The zero-order valence-corrected chi connectivity index (χ0v) is 44.2. The maximum absolute atomic E-state index is 15.0.